The molecule has 0 atom stereocenters. The van der Waals surface area contributed by atoms with Crippen molar-refractivity contribution in [2.24, 2.45) is 0 Å². The van der Waals surface area contributed by atoms with Gasteiger partial charge in [-0.15, -0.1) is 0 Å². The number of nitrogens with one attached hydrogen (secondary N) is 1. The van der Waals surface area contributed by atoms with Gasteiger partial charge >= 0.3 is 0 Å². The Hall–Kier alpha value is -1.13. The number of benzene rings is 2. The molecule has 0 aliphatic rings. The molecule has 0 bridgehead atoms. The van der Waals surface area contributed by atoms with Crippen LogP contribution in [0.2, 0.25) is 0 Å². The second-order valence-corrected chi connectivity index (χ2v) is 7.26. The Balaban J connectivity index is 2.50. The molecule has 0 aliphatic carbocycles. The van der Waals surface area contributed by atoms with Crippen molar-refractivity contribution >= 4 is 43.1 Å². The third kappa shape index (κ3) is 4.17. The van der Waals surface area contributed by atoms with Crippen LogP contribution < -0.4 is 5.32 Å². The smallest absolute Gasteiger partial charge is 0.123 e. The van der Waals surface area contributed by atoms with E-state index >= 15 is 0 Å². The molecule has 0 aromatic heterocycles. The van der Waals surface area contributed by atoms with Crippen LogP contribution in [0.15, 0.2) is 51.9 Å². The molecule has 21 heavy (non-hydrogen) atoms. The second-order valence-electron chi connectivity index (χ2n) is 4.61. The highest BCUT2D eigenvalue weighted by Crippen LogP contribution is 2.36. The molecule has 0 unspecified atom stereocenters. The summed E-state index contributed by atoms with van der Waals surface area (Å²) in [6, 6.07) is 14.6. The van der Waals surface area contributed by atoms with Gasteiger partial charge in [0.15, 0.2) is 0 Å². The highest BCUT2D eigenvalue weighted by atomic mass is 79.9. The van der Waals surface area contributed by atoms with Gasteiger partial charge < -0.3 is 5.32 Å². The highest BCUT2D eigenvalue weighted by Gasteiger charge is 2.12. The van der Waals surface area contributed by atoms with Gasteiger partial charge in [-0.25, -0.2) is 4.39 Å². The third-order valence-corrected chi connectivity index (χ3v) is 3.88. The van der Waals surface area contributed by atoms with Crippen LogP contribution in [-0.2, 0) is 0 Å². The fourth-order valence-corrected chi connectivity index (χ4v) is 2.98. The molecular formula is C17H16Br2FN. The molecule has 0 heterocycles. The molecule has 1 N–H and O–H groups in total. The molecule has 0 aliphatic heterocycles. The van der Waals surface area contributed by atoms with E-state index in [0.717, 1.165) is 38.7 Å². The summed E-state index contributed by atoms with van der Waals surface area (Å²) in [6.45, 7) is 3.04. The number of hydrogen-bond acceptors (Lipinski definition) is 1. The first-order chi connectivity index (χ1) is 10.1. The molecule has 0 saturated carbocycles. The molecular weight excluding hydrogens is 397 g/mol. The van der Waals surface area contributed by atoms with E-state index < -0.39 is 0 Å². The van der Waals surface area contributed by atoms with Gasteiger partial charge in [-0.3, -0.25) is 0 Å². The topological polar surface area (TPSA) is 12.0 Å². The average Bonchev–Trinajstić information content (AvgIpc) is 2.48. The quantitative estimate of drug-likeness (QED) is 0.620. The summed E-state index contributed by atoms with van der Waals surface area (Å²) in [6.07, 6.45) is 1.05. The monoisotopic (exact) mass is 411 g/mol. The van der Waals surface area contributed by atoms with Crippen molar-refractivity contribution in [1.82, 2.24) is 0 Å². The van der Waals surface area contributed by atoms with Gasteiger partial charge in [0.25, 0.3) is 0 Å². The van der Waals surface area contributed by atoms with Gasteiger partial charge in [-0.2, -0.15) is 0 Å². The van der Waals surface area contributed by atoms with Crippen LogP contribution in [0.5, 0.6) is 0 Å². The van der Waals surface area contributed by atoms with E-state index in [-0.39, 0.29) is 5.82 Å². The molecule has 0 radical (unpaired) electrons. The molecule has 2 aromatic rings. The van der Waals surface area contributed by atoms with E-state index in [1.54, 1.807) is 12.1 Å². The van der Waals surface area contributed by atoms with E-state index in [2.05, 4.69) is 56.2 Å². The second kappa shape index (κ2) is 7.76. The van der Waals surface area contributed by atoms with E-state index in [1.165, 1.54) is 12.1 Å². The maximum Gasteiger partial charge on any atom is 0.123 e. The molecule has 0 spiro atoms. The fourth-order valence-electron chi connectivity index (χ4n) is 2.10. The van der Waals surface area contributed by atoms with Crippen molar-refractivity contribution < 1.29 is 4.39 Å². The Kier molecular flexibility index (Phi) is 6.00. The first-order valence-corrected chi connectivity index (χ1v) is 8.36. The lowest BCUT2D eigenvalue weighted by Gasteiger charge is -2.15. The van der Waals surface area contributed by atoms with Crippen LogP contribution in [0.3, 0.4) is 0 Å². The zero-order chi connectivity index (χ0) is 15.2. The van der Waals surface area contributed by atoms with Gasteiger partial charge in [-0.1, -0.05) is 37.3 Å². The molecule has 1 nitrogen and oxygen atoms in total. The fraction of sp³-hybridized carbons (Fsp3) is 0.176. The van der Waals surface area contributed by atoms with Crippen molar-refractivity contribution in [3.05, 3.63) is 68.9 Å². The highest BCUT2D eigenvalue weighted by molar-refractivity contribution is 9.28. The van der Waals surface area contributed by atoms with E-state index in [4.69, 9.17) is 0 Å². The zero-order valence-electron chi connectivity index (χ0n) is 11.7. The normalized spacial score (nSPS) is 10.3. The Labute approximate surface area is 141 Å². The summed E-state index contributed by atoms with van der Waals surface area (Å²) in [5, 5.41) is 3.43. The minimum atomic E-state index is -0.235. The van der Waals surface area contributed by atoms with Gasteiger partial charge in [0, 0.05) is 23.4 Å². The number of anilines is 1. The van der Waals surface area contributed by atoms with Crippen molar-refractivity contribution in [2.45, 2.75) is 13.3 Å². The summed E-state index contributed by atoms with van der Waals surface area (Å²) >= 11 is 7.02. The SMILES string of the molecule is CCCNc1ccccc1C(=C(Br)Br)c1ccc(F)cc1. The van der Waals surface area contributed by atoms with E-state index in [9.17, 15) is 4.39 Å². The lowest BCUT2D eigenvalue weighted by molar-refractivity contribution is 0.627. The lowest BCUT2D eigenvalue weighted by atomic mass is 9.98. The Morgan fingerprint density at radius 3 is 2.33 bits per heavy atom. The van der Waals surface area contributed by atoms with Crippen molar-refractivity contribution in [1.29, 1.82) is 0 Å². The zero-order valence-corrected chi connectivity index (χ0v) is 14.8. The predicted molar refractivity (Wildman–Crippen MR) is 95.5 cm³/mol. The number of halogens is 3. The van der Waals surface area contributed by atoms with Crippen LogP contribution in [0.4, 0.5) is 10.1 Å². The maximum atomic E-state index is 13.1. The van der Waals surface area contributed by atoms with Crippen LogP contribution in [0.25, 0.3) is 5.57 Å². The van der Waals surface area contributed by atoms with Gasteiger partial charge in [0.1, 0.15) is 5.82 Å². The molecule has 2 aromatic carbocycles. The van der Waals surface area contributed by atoms with Crippen molar-refractivity contribution in [3.8, 4) is 0 Å². The average molecular weight is 413 g/mol. The van der Waals surface area contributed by atoms with E-state index in [1.807, 2.05) is 12.1 Å². The molecule has 4 heteroatoms. The number of rotatable bonds is 5. The van der Waals surface area contributed by atoms with Crippen LogP contribution in [0, 0.1) is 5.82 Å². The Morgan fingerprint density at radius 1 is 1.05 bits per heavy atom. The summed E-state index contributed by atoms with van der Waals surface area (Å²) < 4.78 is 14.0. The lowest BCUT2D eigenvalue weighted by Crippen LogP contribution is -2.03. The first kappa shape index (κ1) is 16.2. The standard InChI is InChI=1S/C17H16Br2FN/c1-2-11-21-15-6-4-3-5-14(15)16(17(18)19)12-7-9-13(20)10-8-12/h3-10,21H,2,11H2,1H3. The Bertz CT molecular complexity index is 631. The van der Waals surface area contributed by atoms with Crippen molar-refractivity contribution in [2.75, 3.05) is 11.9 Å². The Morgan fingerprint density at radius 2 is 1.71 bits per heavy atom. The largest absolute Gasteiger partial charge is 0.385 e. The minimum absolute atomic E-state index is 0.235. The van der Waals surface area contributed by atoms with Gasteiger partial charge in [0.2, 0.25) is 0 Å². The summed E-state index contributed by atoms with van der Waals surface area (Å²) in [5.41, 5.74) is 4.08. The van der Waals surface area contributed by atoms with E-state index in [0.29, 0.717) is 0 Å². The van der Waals surface area contributed by atoms with Gasteiger partial charge in [-0.05, 0) is 62.0 Å². The molecule has 110 valence electrons. The summed E-state index contributed by atoms with van der Waals surface area (Å²) in [4.78, 5) is 0. The van der Waals surface area contributed by atoms with Crippen LogP contribution >= 0.6 is 31.9 Å². The molecule has 0 saturated heterocycles. The third-order valence-electron chi connectivity index (χ3n) is 3.08. The van der Waals surface area contributed by atoms with Crippen molar-refractivity contribution in [3.63, 3.8) is 0 Å². The first-order valence-electron chi connectivity index (χ1n) is 6.78. The van der Waals surface area contributed by atoms with Gasteiger partial charge in [0.05, 0.1) is 3.39 Å². The van der Waals surface area contributed by atoms with Crippen LogP contribution in [0.1, 0.15) is 24.5 Å². The maximum absolute atomic E-state index is 13.1. The number of hydrogen-bond donors (Lipinski definition) is 1. The summed E-state index contributed by atoms with van der Waals surface area (Å²) in [7, 11) is 0. The molecule has 0 amide bonds. The summed E-state index contributed by atoms with van der Waals surface area (Å²) in [5.74, 6) is -0.235. The minimum Gasteiger partial charge on any atom is -0.385 e. The number of para-hydroxylation sites is 1. The molecule has 2 rings (SSSR count). The predicted octanol–water partition coefficient (Wildman–Crippen LogP) is 6.15. The molecule has 0 fully saturated rings. The van der Waals surface area contributed by atoms with Crippen LogP contribution in [-0.4, -0.2) is 6.54 Å².